The molecule has 174 valence electrons. The van der Waals surface area contributed by atoms with Crippen LogP contribution in [0.15, 0.2) is 53.4 Å². The molecule has 0 unspecified atom stereocenters. The van der Waals surface area contributed by atoms with Crippen molar-refractivity contribution in [1.82, 2.24) is 4.90 Å². The van der Waals surface area contributed by atoms with E-state index in [1.165, 1.54) is 43.3 Å². The number of benzene rings is 2. The van der Waals surface area contributed by atoms with E-state index in [2.05, 4.69) is 5.32 Å². The van der Waals surface area contributed by atoms with Crippen molar-refractivity contribution in [2.75, 3.05) is 5.32 Å². The molecule has 33 heavy (non-hydrogen) atoms. The summed E-state index contributed by atoms with van der Waals surface area (Å²) in [4.78, 5) is 51.7. The second kappa shape index (κ2) is 9.12. The van der Waals surface area contributed by atoms with Crippen LogP contribution in [0, 0.1) is 5.92 Å². The highest BCUT2D eigenvalue weighted by Gasteiger charge is 2.45. The van der Waals surface area contributed by atoms with Gasteiger partial charge in [0.1, 0.15) is 6.04 Å². The molecule has 10 nitrogen and oxygen atoms in total. The van der Waals surface area contributed by atoms with E-state index in [9.17, 15) is 27.6 Å². The van der Waals surface area contributed by atoms with Crippen molar-refractivity contribution in [1.29, 1.82) is 0 Å². The number of nitrogens with zero attached hydrogens (tertiary/aromatic N) is 1. The summed E-state index contributed by atoms with van der Waals surface area (Å²) in [7, 11) is -3.88. The Balaban J connectivity index is 1.71. The minimum Gasteiger partial charge on any atom is -0.451 e. The van der Waals surface area contributed by atoms with Gasteiger partial charge in [-0.05, 0) is 49.2 Å². The molecular weight excluding hydrogens is 450 g/mol. The zero-order valence-electron chi connectivity index (χ0n) is 18.1. The van der Waals surface area contributed by atoms with E-state index in [-0.39, 0.29) is 21.7 Å². The van der Waals surface area contributed by atoms with Crippen LogP contribution in [-0.4, -0.2) is 49.2 Å². The highest BCUT2D eigenvalue weighted by molar-refractivity contribution is 7.89. The number of carbonyl (C=O) groups excluding carboxylic acids is 4. The molecule has 2 atom stereocenters. The van der Waals surface area contributed by atoms with Gasteiger partial charge in [-0.25, -0.2) is 18.4 Å². The van der Waals surface area contributed by atoms with Crippen molar-refractivity contribution in [3.8, 4) is 0 Å². The van der Waals surface area contributed by atoms with E-state index >= 15 is 0 Å². The number of rotatable bonds is 7. The van der Waals surface area contributed by atoms with Gasteiger partial charge in [0.05, 0.1) is 16.0 Å². The molecular formula is C22H23N3O7S. The van der Waals surface area contributed by atoms with E-state index in [0.717, 1.165) is 4.90 Å². The zero-order chi connectivity index (χ0) is 24.5. The van der Waals surface area contributed by atoms with Gasteiger partial charge in [0.15, 0.2) is 6.10 Å². The maximum Gasteiger partial charge on any atom is 0.330 e. The maximum absolute atomic E-state index is 12.9. The minimum atomic E-state index is -3.88. The van der Waals surface area contributed by atoms with Gasteiger partial charge in [-0.2, -0.15) is 0 Å². The predicted octanol–water partition coefficient (Wildman–Crippen LogP) is 1.53. The van der Waals surface area contributed by atoms with Crippen LogP contribution in [0.25, 0.3) is 0 Å². The summed E-state index contributed by atoms with van der Waals surface area (Å²) in [5.41, 5.74) is 0.667. The first-order valence-corrected chi connectivity index (χ1v) is 11.6. The number of imide groups is 1. The first kappa shape index (κ1) is 24.1. The van der Waals surface area contributed by atoms with Gasteiger partial charge < -0.3 is 10.1 Å². The largest absolute Gasteiger partial charge is 0.451 e. The second-order valence-corrected chi connectivity index (χ2v) is 9.41. The number of amides is 3. The fourth-order valence-electron chi connectivity index (χ4n) is 3.41. The number of primary sulfonamides is 1. The Morgan fingerprint density at radius 3 is 1.91 bits per heavy atom. The second-order valence-electron chi connectivity index (χ2n) is 7.85. The molecule has 2 aromatic rings. The Morgan fingerprint density at radius 2 is 1.45 bits per heavy atom. The molecule has 1 aliphatic rings. The summed E-state index contributed by atoms with van der Waals surface area (Å²) in [5.74, 6) is -3.25. The van der Waals surface area contributed by atoms with Crippen LogP contribution < -0.4 is 10.5 Å². The minimum absolute atomic E-state index is 0.124. The number of anilines is 1. The van der Waals surface area contributed by atoms with E-state index < -0.39 is 51.8 Å². The number of fused-ring (bicyclic) bond motifs is 1. The zero-order valence-corrected chi connectivity index (χ0v) is 19.0. The molecule has 0 bridgehead atoms. The normalized spacial score (nSPS) is 15.2. The third-order valence-electron chi connectivity index (χ3n) is 5.09. The number of sulfonamides is 1. The maximum atomic E-state index is 12.9. The molecule has 0 aliphatic carbocycles. The monoisotopic (exact) mass is 473 g/mol. The average molecular weight is 474 g/mol. The molecule has 11 heteroatoms. The van der Waals surface area contributed by atoms with Crippen LogP contribution in [-0.2, 0) is 24.3 Å². The predicted molar refractivity (Wildman–Crippen MR) is 118 cm³/mol. The fourth-order valence-corrected chi connectivity index (χ4v) is 3.92. The Labute approximate surface area is 190 Å². The molecule has 0 saturated heterocycles. The Morgan fingerprint density at radius 1 is 0.939 bits per heavy atom. The van der Waals surface area contributed by atoms with E-state index in [4.69, 9.17) is 9.88 Å². The fraction of sp³-hybridized carbons (Fsp3) is 0.273. The van der Waals surface area contributed by atoms with Crippen molar-refractivity contribution in [2.24, 2.45) is 11.1 Å². The first-order valence-electron chi connectivity index (χ1n) is 10.0. The summed E-state index contributed by atoms with van der Waals surface area (Å²) in [5, 5.41) is 7.53. The van der Waals surface area contributed by atoms with Gasteiger partial charge >= 0.3 is 5.97 Å². The van der Waals surface area contributed by atoms with Crippen LogP contribution in [0.2, 0.25) is 0 Å². The van der Waals surface area contributed by atoms with E-state index in [0.29, 0.717) is 0 Å². The molecule has 2 aromatic carbocycles. The lowest BCUT2D eigenvalue weighted by Crippen LogP contribution is -2.50. The topological polar surface area (TPSA) is 153 Å². The van der Waals surface area contributed by atoms with Gasteiger partial charge in [-0.3, -0.25) is 19.3 Å². The van der Waals surface area contributed by atoms with Gasteiger partial charge in [0.25, 0.3) is 17.7 Å². The third-order valence-corrected chi connectivity index (χ3v) is 6.02. The lowest BCUT2D eigenvalue weighted by molar-refractivity contribution is -0.158. The van der Waals surface area contributed by atoms with Crippen molar-refractivity contribution >= 4 is 39.4 Å². The van der Waals surface area contributed by atoms with Crippen LogP contribution in [0.5, 0.6) is 0 Å². The molecule has 3 rings (SSSR count). The van der Waals surface area contributed by atoms with Crippen molar-refractivity contribution < 1.29 is 32.3 Å². The molecule has 3 amide bonds. The molecule has 0 fully saturated rings. The highest BCUT2D eigenvalue weighted by Crippen LogP contribution is 2.28. The number of ether oxygens (including phenoxy) is 1. The van der Waals surface area contributed by atoms with Crippen LogP contribution in [0.1, 0.15) is 41.5 Å². The van der Waals surface area contributed by atoms with Crippen LogP contribution in [0.4, 0.5) is 5.69 Å². The molecule has 1 aliphatic heterocycles. The van der Waals surface area contributed by atoms with Crippen LogP contribution >= 0.6 is 0 Å². The molecule has 0 spiro atoms. The number of hydrogen-bond donors (Lipinski definition) is 2. The Bertz CT molecular complexity index is 1190. The van der Waals surface area contributed by atoms with E-state index in [1.807, 2.05) is 0 Å². The molecule has 0 aromatic heterocycles. The van der Waals surface area contributed by atoms with E-state index in [1.54, 1.807) is 26.0 Å². The lowest BCUT2D eigenvalue weighted by atomic mass is 10.0. The Kier molecular flexibility index (Phi) is 6.65. The summed E-state index contributed by atoms with van der Waals surface area (Å²) >= 11 is 0. The van der Waals surface area contributed by atoms with Gasteiger partial charge in [-0.1, -0.05) is 26.0 Å². The molecule has 0 radical (unpaired) electrons. The van der Waals surface area contributed by atoms with Gasteiger partial charge in [-0.15, -0.1) is 0 Å². The van der Waals surface area contributed by atoms with Crippen molar-refractivity contribution in [3.05, 3.63) is 59.7 Å². The summed E-state index contributed by atoms with van der Waals surface area (Å²) in [6.07, 6.45) is -1.26. The smallest absolute Gasteiger partial charge is 0.330 e. The summed E-state index contributed by atoms with van der Waals surface area (Å²) in [6, 6.07) is 10.2. The lowest BCUT2D eigenvalue weighted by Gasteiger charge is -2.28. The Hall–Kier alpha value is -3.57. The number of nitrogens with one attached hydrogen (secondary N) is 1. The number of esters is 1. The molecule has 3 N–H and O–H groups in total. The number of nitrogens with two attached hydrogens (primary N) is 1. The average Bonchev–Trinajstić information content (AvgIpc) is 2.99. The van der Waals surface area contributed by atoms with Gasteiger partial charge in [0.2, 0.25) is 10.0 Å². The quantitative estimate of drug-likeness (QED) is 0.457. The van der Waals surface area contributed by atoms with Crippen molar-refractivity contribution in [3.63, 3.8) is 0 Å². The molecule has 1 heterocycles. The SMILES string of the molecule is CC(C)[C@H](C(=O)O[C@@H](C)C(=O)Nc1ccc(S(N)(=O)=O)cc1)N1C(=O)c2ccccc2C1=O. The number of carbonyl (C=O) groups is 4. The standard InChI is InChI=1S/C22H23N3O7S/c1-12(2)18(25-20(27)16-6-4-5-7-17(16)21(25)28)22(29)32-13(3)19(26)24-14-8-10-15(11-9-14)33(23,30)31/h4-13,18H,1-3H3,(H,24,26)(H2,23,30,31)/t13-,18+/m0/s1. The summed E-state index contributed by atoms with van der Waals surface area (Å²) in [6.45, 7) is 4.66. The first-order chi connectivity index (χ1) is 15.4. The van der Waals surface area contributed by atoms with Crippen LogP contribution in [0.3, 0.4) is 0 Å². The third kappa shape index (κ3) is 4.94. The molecule has 0 saturated carbocycles. The van der Waals surface area contributed by atoms with Crippen molar-refractivity contribution in [2.45, 2.75) is 37.8 Å². The highest BCUT2D eigenvalue weighted by atomic mass is 32.2. The number of hydrogen-bond acceptors (Lipinski definition) is 7. The van der Waals surface area contributed by atoms with Gasteiger partial charge in [0, 0.05) is 5.69 Å². The summed E-state index contributed by atoms with van der Waals surface area (Å²) < 4.78 is 27.9.